The first kappa shape index (κ1) is 15.1. The van der Waals surface area contributed by atoms with Crippen LogP contribution in [0.5, 0.6) is 11.5 Å². The van der Waals surface area contributed by atoms with Crippen molar-refractivity contribution >= 4 is 12.4 Å². The summed E-state index contributed by atoms with van der Waals surface area (Å²) in [5.41, 5.74) is 0. The summed E-state index contributed by atoms with van der Waals surface area (Å²) in [6.45, 7) is -0.302. The Kier molecular flexibility index (Phi) is 6.82. The molecule has 0 radical (unpaired) electrons. The van der Waals surface area contributed by atoms with Crippen LogP contribution in [0.3, 0.4) is 0 Å². The van der Waals surface area contributed by atoms with E-state index >= 15 is 0 Å². The van der Waals surface area contributed by atoms with Crippen molar-refractivity contribution in [2.24, 2.45) is 0 Å². The number of carboxylic acids is 1. The topological polar surface area (TPSA) is 101 Å². The summed E-state index contributed by atoms with van der Waals surface area (Å²) in [4.78, 5) is 26.7. The van der Waals surface area contributed by atoms with Crippen LogP contribution < -0.4 is 10.1 Å². The van der Waals surface area contributed by atoms with Crippen molar-refractivity contribution in [1.29, 1.82) is 0 Å². The van der Waals surface area contributed by atoms with E-state index in [9.17, 15) is 9.59 Å². The lowest BCUT2D eigenvalue weighted by atomic mass is 10.4. The number of carboxylic acid groups (broad SMARTS) is 1. The highest BCUT2D eigenvalue weighted by molar-refractivity contribution is 5.71. The second-order valence-corrected chi connectivity index (χ2v) is 3.37. The van der Waals surface area contributed by atoms with Crippen LogP contribution >= 0.6 is 0 Å². The van der Waals surface area contributed by atoms with Crippen molar-refractivity contribution in [2.45, 2.75) is 0 Å². The van der Waals surface area contributed by atoms with Gasteiger partial charge in [0.2, 0.25) is 6.41 Å². The number of hydrogen-bond acceptors (Lipinski definition) is 5. The number of carbonyl (C=O) groups excluding carboxylic acids is 1. The Morgan fingerprint density at radius 2 is 1.75 bits per heavy atom. The molecule has 104 valence electrons. The van der Waals surface area contributed by atoms with Gasteiger partial charge in [-0.25, -0.2) is 0 Å². The zero-order valence-corrected chi connectivity index (χ0v) is 10.5. The van der Waals surface area contributed by atoms with Gasteiger partial charge < -0.3 is 15.2 Å². The molecule has 0 saturated carbocycles. The van der Waals surface area contributed by atoms with Crippen LogP contribution in [0.1, 0.15) is 0 Å². The lowest BCUT2D eigenvalue weighted by Crippen LogP contribution is -2.20. The smallest absolute Gasteiger partial charge is 0.322 e. The summed E-state index contributed by atoms with van der Waals surface area (Å²) in [5, 5.41) is 9.79. The summed E-state index contributed by atoms with van der Waals surface area (Å²) in [6.07, 6.45) is 7.07. The molecule has 0 aliphatic carbocycles. The van der Waals surface area contributed by atoms with Gasteiger partial charge in [0.1, 0.15) is 18.0 Å². The molecule has 0 aromatic carbocycles. The predicted molar refractivity (Wildman–Crippen MR) is 70.3 cm³/mol. The van der Waals surface area contributed by atoms with Crippen molar-refractivity contribution in [3.8, 4) is 11.5 Å². The second-order valence-electron chi connectivity index (χ2n) is 3.37. The summed E-state index contributed by atoms with van der Waals surface area (Å²) in [7, 11) is 0. The van der Waals surface area contributed by atoms with E-state index in [2.05, 4.69) is 9.97 Å². The lowest BCUT2D eigenvalue weighted by Gasteiger charge is -2.02. The number of nitrogens with zero attached hydrogens (tertiary/aromatic N) is 2. The van der Waals surface area contributed by atoms with Gasteiger partial charge in [0.25, 0.3) is 0 Å². The Morgan fingerprint density at radius 3 is 2.05 bits per heavy atom. The maximum atomic E-state index is 9.54. The van der Waals surface area contributed by atoms with Gasteiger partial charge in [-0.15, -0.1) is 0 Å². The maximum Gasteiger partial charge on any atom is 0.322 e. The molecule has 1 amide bonds. The Balaban J connectivity index is 0.000000246. The highest BCUT2D eigenvalue weighted by atomic mass is 16.5. The van der Waals surface area contributed by atoms with E-state index < -0.39 is 5.97 Å². The van der Waals surface area contributed by atoms with Crippen molar-refractivity contribution in [3.05, 3.63) is 49.1 Å². The van der Waals surface area contributed by atoms with E-state index in [-0.39, 0.29) is 6.54 Å². The number of aromatic nitrogens is 2. The van der Waals surface area contributed by atoms with Crippen molar-refractivity contribution < 1.29 is 19.4 Å². The normalized spacial score (nSPS) is 8.80. The molecule has 0 aliphatic heterocycles. The molecule has 2 heterocycles. The van der Waals surface area contributed by atoms with Crippen LogP contribution in [0.2, 0.25) is 0 Å². The molecular weight excluding hydrogens is 262 g/mol. The molecule has 2 aromatic rings. The van der Waals surface area contributed by atoms with Crippen LogP contribution in [-0.4, -0.2) is 34.0 Å². The molecule has 2 aromatic heterocycles. The standard InChI is InChI=1S/C10H8N2O.C3H5NO3/c1-3-9(7-11-5-1)13-10-4-2-6-12-8-10;5-2-4-1-3(6)7/h1-8H;2H,1H2,(H,4,5)(H,6,7). The third-order valence-corrected chi connectivity index (χ3v) is 1.84. The fourth-order valence-corrected chi connectivity index (χ4v) is 1.08. The van der Waals surface area contributed by atoms with Gasteiger partial charge in [-0.3, -0.25) is 19.6 Å². The molecule has 0 bridgehead atoms. The fourth-order valence-electron chi connectivity index (χ4n) is 1.08. The van der Waals surface area contributed by atoms with Crippen molar-refractivity contribution in [3.63, 3.8) is 0 Å². The molecule has 20 heavy (non-hydrogen) atoms. The molecule has 0 aliphatic rings. The quantitative estimate of drug-likeness (QED) is 0.792. The van der Waals surface area contributed by atoms with Crippen LogP contribution in [0.25, 0.3) is 0 Å². The highest BCUT2D eigenvalue weighted by Crippen LogP contribution is 2.17. The molecule has 0 saturated heterocycles. The van der Waals surface area contributed by atoms with Crippen LogP contribution in [0, 0.1) is 0 Å². The molecule has 0 atom stereocenters. The number of rotatable bonds is 5. The average Bonchev–Trinajstić information content (AvgIpc) is 2.48. The van der Waals surface area contributed by atoms with Gasteiger partial charge in [0, 0.05) is 12.4 Å². The molecule has 7 nitrogen and oxygen atoms in total. The Bertz CT molecular complexity index is 482. The Hall–Kier alpha value is -2.96. The van der Waals surface area contributed by atoms with Gasteiger partial charge in [0.05, 0.1) is 12.4 Å². The number of nitrogens with one attached hydrogen (secondary N) is 1. The average molecular weight is 275 g/mol. The van der Waals surface area contributed by atoms with Crippen molar-refractivity contribution in [2.75, 3.05) is 6.54 Å². The van der Waals surface area contributed by atoms with Crippen LogP contribution in [0.4, 0.5) is 0 Å². The number of carbonyl (C=O) groups is 2. The lowest BCUT2D eigenvalue weighted by molar-refractivity contribution is -0.136. The maximum absolute atomic E-state index is 9.54. The second kappa shape index (κ2) is 9.03. The SMILES string of the molecule is O=CNCC(=O)O.c1cncc(Oc2cccnc2)c1. The molecule has 0 spiro atoms. The minimum atomic E-state index is -1.04. The Morgan fingerprint density at radius 1 is 1.20 bits per heavy atom. The largest absolute Gasteiger partial charge is 0.480 e. The first-order valence-corrected chi connectivity index (χ1v) is 5.59. The van der Waals surface area contributed by atoms with Crippen LogP contribution in [0.15, 0.2) is 49.1 Å². The monoisotopic (exact) mass is 275 g/mol. The molecular formula is C13H13N3O4. The third kappa shape index (κ3) is 6.70. The minimum absolute atomic E-state index is 0.302. The molecule has 0 fully saturated rings. The van der Waals surface area contributed by atoms with E-state index in [4.69, 9.17) is 9.84 Å². The zero-order chi connectivity index (χ0) is 14.6. The molecule has 2 rings (SSSR count). The summed E-state index contributed by atoms with van der Waals surface area (Å²) < 4.78 is 5.45. The highest BCUT2D eigenvalue weighted by Gasteiger charge is 1.94. The number of amides is 1. The first-order valence-electron chi connectivity index (χ1n) is 5.59. The molecule has 7 heteroatoms. The van der Waals surface area contributed by atoms with E-state index in [1.807, 2.05) is 29.6 Å². The van der Waals surface area contributed by atoms with Gasteiger partial charge in [-0.05, 0) is 24.3 Å². The number of hydrogen-bond donors (Lipinski definition) is 2. The van der Waals surface area contributed by atoms with Gasteiger partial charge >= 0.3 is 5.97 Å². The Labute approximate surface area is 115 Å². The summed E-state index contributed by atoms with van der Waals surface area (Å²) in [6, 6.07) is 7.34. The zero-order valence-electron chi connectivity index (χ0n) is 10.5. The summed E-state index contributed by atoms with van der Waals surface area (Å²) in [5.74, 6) is 0.401. The molecule has 0 unspecified atom stereocenters. The minimum Gasteiger partial charge on any atom is -0.480 e. The number of pyridine rings is 2. The third-order valence-electron chi connectivity index (χ3n) is 1.84. The van der Waals surface area contributed by atoms with Gasteiger partial charge in [-0.2, -0.15) is 0 Å². The fraction of sp³-hybridized carbons (Fsp3) is 0.0769. The summed E-state index contributed by atoms with van der Waals surface area (Å²) >= 11 is 0. The van der Waals surface area contributed by atoms with Crippen molar-refractivity contribution in [1.82, 2.24) is 15.3 Å². The number of ether oxygens (including phenoxy) is 1. The van der Waals surface area contributed by atoms with E-state index in [1.165, 1.54) is 0 Å². The van der Waals surface area contributed by atoms with E-state index in [0.717, 1.165) is 11.5 Å². The molecule has 2 N–H and O–H groups in total. The van der Waals surface area contributed by atoms with Gasteiger partial charge in [-0.1, -0.05) is 0 Å². The van der Waals surface area contributed by atoms with Gasteiger partial charge in [0.15, 0.2) is 0 Å². The van der Waals surface area contributed by atoms with Crippen LogP contribution in [-0.2, 0) is 9.59 Å². The number of aliphatic carboxylic acids is 1. The predicted octanol–water partition coefficient (Wildman–Crippen LogP) is 1.09. The van der Waals surface area contributed by atoms with E-state index in [1.54, 1.807) is 24.8 Å². The first-order chi connectivity index (χ1) is 9.72. The van der Waals surface area contributed by atoms with E-state index in [0.29, 0.717) is 6.41 Å².